The van der Waals surface area contributed by atoms with E-state index in [0.717, 1.165) is 10.1 Å². The van der Waals surface area contributed by atoms with Crippen molar-refractivity contribution in [3.8, 4) is 5.69 Å². The highest BCUT2D eigenvalue weighted by Crippen LogP contribution is 2.45. The molecule has 1 atom stereocenters. The van der Waals surface area contributed by atoms with Crippen LogP contribution in [0, 0.1) is 6.92 Å². The first kappa shape index (κ1) is 21.1. The van der Waals surface area contributed by atoms with Crippen LogP contribution in [0.5, 0.6) is 0 Å². The van der Waals surface area contributed by atoms with Crippen molar-refractivity contribution in [1.29, 1.82) is 0 Å². The quantitative estimate of drug-likeness (QED) is 0.573. The zero-order chi connectivity index (χ0) is 23.3. The van der Waals surface area contributed by atoms with Gasteiger partial charge in [-0.25, -0.2) is 9.36 Å². The third-order valence-electron chi connectivity index (χ3n) is 5.11. The smallest absolute Gasteiger partial charge is 0.326 e. The first-order chi connectivity index (χ1) is 15.1. The fraction of sp³-hybridized carbons (Fsp3) is 0.143. The Kier molecular flexibility index (Phi) is 4.76. The van der Waals surface area contributed by atoms with Gasteiger partial charge in [0, 0.05) is 5.56 Å². The second kappa shape index (κ2) is 7.22. The Labute approximate surface area is 177 Å². The number of H-pyrrole nitrogens is 1. The fourth-order valence-electron chi connectivity index (χ4n) is 3.55. The van der Waals surface area contributed by atoms with Gasteiger partial charge in [-0.2, -0.15) is 13.2 Å². The number of para-hydroxylation sites is 1. The average molecular weight is 444 g/mol. The van der Waals surface area contributed by atoms with Gasteiger partial charge in [-0.05, 0) is 31.2 Å². The van der Waals surface area contributed by atoms with Crippen LogP contribution in [-0.4, -0.2) is 27.5 Å². The fourth-order valence-corrected chi connectivity index (χ4v) is 3.55. The minimum atomic E-state index is -5.41. The Morgan fingerprint density at radius 3 is 2.22 bits per heavy atom. The molecule has 0 radical (unpaired) electrons. The standard InChI is InChI=1S/C21H15F3N4O4/c1-11-7-9-12(10-8-11)16(29)27-20(21(22,23)24)14-15(25-18(20)31)28(19(32)26-17(14)30)13-5-3-2-4-6-13/h2-10H,1H3,(H,25,31)(H,27,29)(H,26,30,32)/t20-/m0/s1. The van der Waals surface area contributed by atoms with Crippen molar-refractivity contribution >= 4 is 17.6 Å². The van der Waals surface area contributed by atoms with Crippen LogP contribution >= 0.6 is 0 Å². The van der Waals surface area contributed by atoms with Crippen LogP contribution in [0.3, 0.4) is 0 Å². The summed E-state index contributed by atoms with van der Waals surface area (Å²) in [4.78, 5) is 52.3. The molecule has 3 N–H and O–H groups in total. The first-order valence-corrected chi connectivity index (χ1v) is 9.29. The van der Waals surface area contributed by atoms with Gasteiger partial charge in [0.05, 0.1) is 5.69 Å². The molecule has 0 aliphatic carbocycles. The lowest BCUT2D eigenvalue weighted by atomic mass is 9.91. The number of aromatic amines is 1. The SMILES string of the molecule is Cc1ccc(C(=O)N[C@]2(C(F)(F)F)C(=O)Nc3c2c(=O)[nH]c(=O)n3-c2ccccc2)cc1. The van der Waals surface area contributed by atoms with E-state index in [1.54, 1.807) is 18.3 Å². The van der Waals surface area contributed by atoms with Crippen molar-refractivity contribution in [2.75, 3.05) is 5.32 Å². The van der Waals surface area contributed by atoms with Crippen LogP contribution in [0.25, 0.3) is 5.69 Å². The Morgan fingerprint density at radius 2 is 1.62 bits per heavy atom. The van der Waals surface area contributed by atoms with Gasteiger partial charge < -0.3 is 10.6 Å². The molecule has 8 nitrogen and oxygen atoms in total. The molecule has 0 unspecified atom stereocenters. The van der Waals surface area contributed by atoms with E-state index in [0.29, 0.717) is 0 Å². The van der Waals surface area contributed by atoms with Gasteiger partial charge in [-0.3, -0.25) is 19.4 Å². The van der Waals surface area contributed by atoms with E-state index in [1.165, 1.54) is 48.5 Å². The lowest BCUT2D eigenvalue weighted by molar-refractivity contribution is -0.196. The number of amides is 2. The molecule has 1 aromatic heterocycles. The summed E-state index contributed by atoms with van der Waals surface area (Å²) >= 11 is 0. The summed E-state index contributed by atoms with van der Waals surface area (Å²) in [5.41, 5.74) is -6.61. The highest BCUT2D eigenvalue weighted by atomic mass is 19.4. The van der Waals surface area contributed by atoms with Crippen molar-refractivity contribution in [3.63, 3.8) is 0 Å². The van der Waals surface area contributed by atoms with Crippen molar-refractivity contribution in [1.82, 2.24) is 14.9 Å². The Bertz CT molecular complexity index is 1340. The molecule has 32 heavy (non-hydrogen) atoms. The van der Waals surface area contributed by atoms with Crippen LogP contribution in [-0.2, 0) is 10.3 Å². The second-order valence-corrected chi connectivity index (χ2v) is 7.18. The number of rotatable bonds is 3. The number of alkyl halides is 3. The molecule has 1 aliphatic rings. The minimum Gasteiger partial charge on any atom is -0.326 e. The maximum Gasteiger partial charge on any atom is 0.425 e. The van der Waals surface area contributed by atoms with E-state index in [2.05, 4.69) is 0 Å². The highest BCUT2D eigenvalue weighted by Gasteiger charge is 2.68. The normalized spacial score (nSPS) is 17.6. The molecule has 164 valence electrons. The average Bonchev–Trinajstić information content (AvgIpc) is 3.02. The summed E-state index contributed by atoms with van der Waals surface area (Å²) < 4.78 is 43.9. The molecule has 0 spiro atoms. The molecule has 0 fully saturated rings. The molecule has 0 saturated carbocycles. The number of nitrogens with zero attached hydrogens (tertiary/aromatic N) is 1. The molecule has 2 amide bonds. The predicted octanol–water partition coefficient (Wildman–Crippen LogP) is 1.97. The van der Waals surface area contributed by atoms with E-state index < -0.39 is 46.2 Å². The highest BCUT2D eigenvalue weighted by molar-refractivity contribution is 6.09. The van der Waals surface area contributed by atoms with Gasteiger partial charge in [0.1, 0.15) is 11.4 Å². The van der Waals surface area contributed by atoms with Crippen LogP contribution in [0.15, 0.2) is 64.2 Å². The number of carbonyl (C=O) groups is 2. The lowest BCUT2D eigenvalue weighted by Gasteiger charge is -2.30. The zero-order valence-corrected chi connectivity index (χ0v) is 16.4. The Hall–Kier alpha value is -4.15. The molecule has 11 heteroatoms. The summed E-state index contributed by atoms with van der Waals surface area (Å²) in [5.74, 6) is -3.60. The minimum absolute atomic E-state index is 0.105. The molecule has 2 heterocycles. The third-order valence-corrected chi connectivity index (χ3v) is 5.11. The number of aromatic nitrogens is 2. The van der Waals surface area contributed by atoms with Crippen LogP contribution in [0.2, 0.25) is 0 Å². The largest absolute Gasteiger partial charge is 0.425 e. The molecule has 4 rings (SSSR count). The van der Waals surface area contributed by atoms with Gasteiger partial charge >= 0.3 is 11.9 Å². The van der Waals surface area contributed by atoms with Gasteiger partial charge in [0.25, 0.3) is 22.9 Å². The zero-order valence-electron chi connectivity index (χ0n) is 16.4. The number of hydrogen-bond acceptors (Lipinski definition) is 4. The van der Waals surface area contributed by atoms with Crippen LogP contribution in [0.4, 0.5) is 19.0 Å². The lowest BCUT2D eigenvalue weighted by Crippen LogP contribution is -2.62. The van der Waals surface area contributed by atoms with Crippen LogP contribution < -0.4 is 21.9 Å². The summed E-state index contributed by atoms with van der Waals surface area (Å²) in [7, 11) is 0. The number of nitrogens with one attached hydrogen (secondary N) is 3. The predicted molar refractivity (Wildman–Crippen MR) is 108 cm³/mol. The van der Waals surface area contributed by atoms with E-state index in [1.807, 2.05) is 10.3 Å². The summed E-state index contributed by atoms with van der Waals surface area (Å²) in [5, 5.41) is 3.68. The summed E-state index contributed by atoms with van der Waals surface area (Å²) in [6, 6.07) is 13.1. The van der Waals surface area contributed by atoms with E-state index in [-0.39, 0.29) is 11.3 Å². The van der Waals surface area contributed by atoms with Gasteiger partial charge in [-0.15, -0.1) is 0 Å². The maximum absolute atomic E-state index is 14.4. The van der Waals surface area contributed by atoms with Crippen LogP contribution in [0.1, 0.15) is 21.5 Å². The third kappa shape index (κ3) is 3.09. The van der Waals surface area contributed by atoms with Crippen molar-refractivity contribution in [3.05, 3.63) is 92.1 Å². The molecule has 0 bridgehead atoms. The first-order valence-electron chi connectivity index (χ1n) is 9.29. The number of fused-ring (bicyclic) bond motifs is 1. The summed E-state index contributed by atoms with van der Waals surface area (Å²) in [6.45, 7) is 1.72. The van der Waals surface area contributed by atoms with Gasteiger partial charge in [0.2, 0.25) is 0 Å². The van der Waals surface area contributed by atoms with E-state index in [4.69, 9.17) is 0 Å². The maximum atomic E-state index is 14.4. The molecular weight excluding hydrogens is 429 g/mol. The van der Waals surface area contributed by atoms with Crippen molar-refractivity contribution < 1.29 is 22.8 Å². The molecule has 2 aromatic carbocycles. The van der Waals surface area contributed by atoms with E-state index >= 15 is 0 Å². The van der Waals surface area contributed by atoms with E-state index in [9.17, 15) is 32.3 Å². The monoisotopic (exact) mass is 444 g/mol. The molecule has 1 aliphatic heterocycles. The Morgan fingerprint density at radius 1 is 1.00 bits per heavy atom. The van der Waals surface area contributed by atoms with Gasteiger partial charge in [-0.1, -0.05) is 35.9 Å². The van der Waals surface area contributed by atoms with Crippen molar-refractivity contribution in [2.45, 2.75) is 18.6 Å². The second-order valence-electron chi connectivity index (χ2n) is 7.18. The van der Waals surface area contributed by atoms with Gasteiger partial charge in [0.15, 0.2) is 0 Å². The Balaban J connectivity index is 1.96. The van der Waals surface area contributed by atoms with Crippen molar-refractivity contribution in [2.24, 2.45) is 0 Å². The topological polar surface area (TPSA) is 113 Å². The molecule has 0 saturated heterocycles. The molecular formula is C21H15F3N4O4. The number of carbonyl (C=O) groups excluding carboxylic acids is 2. The number of hydrogen-bond donors (Lipinski definition) is 3. The number of anilines is 1. The number of halogens is 3. The summed E-state index contributed by atoms with van der Waals surface area (Å²) in [6.07, 6.45) is -5.41. The molecule has 3 aromatic rings. The number of benzene rings is 2. The number of aryl methyl sites for hydroxylation is 1.